The Hall–Kier alpha value is -2.53. The number of hydrogen-bond acceptors (Lipinski definition) is 7. The summed E-state index contributed by atoms with van der Waals surface area (Å²) >= 11 is 4.11. The van der Waals surface area contributed by atoms with Crippen molar-refractivity contribution in [2.24, 2.45) is 0 Å². The van der Waals surface area contributed by atoms with Gasteiger partial charge in [0.1, 0.15) is 6.54 Å². The molecule has 11 heteroatoms. The van der Waals surface area contributed by atoms with E-state index in [0.29, 0.717) is 23.1 Å². The molecule has 0 saturated carbocycles. The third kappa shape index (κ3) is 4.96. The maximum absolute atomic E-state index is 12.7. The highest BCUT2D eigenvalue weighted by molar-refractivity contribution is 9.10. The highest BCUT2D eigenvalue weighted by atomic mass is 79.9. The third-order valence-electron chi connectivity index (χ3n) is 4.55. The summed E-state index contributed by atoms with van der Waals surface area (Å²) in [5.41, 5.74) is 0.533. The van der Waals surface area contributed by atoms with Crippen LogP contribution in [0, 0.1) is 0 Å². The fourth-order valence-electron chi connectivity index (χ4n) is 3.05. The van der Waals surface area contributed by atoms with Crippen molar-refractivity contribution >= 4 is 56.8 Å². The Labute approximate surface area is 185 Å². The van der Waals surface area contributed by atoms with E-state index < -0.39 is 23.7 Å². The zero-order valence-corrected chi connectivity index (χ0v) is 18.5. The molecule has 0 atom stereocenters. The number of methoxy groups -OCH3 is 1. The lowest BCUT2D eigenvalue weighted by molar-refractivity contribution is -0.139. The van der Waals surface area contributed by atoms with Gasteiger partial charge in [0, 0.05) is 17.6 Å². The molecule has 3 amide bonds. The standard InChI is InChI=1S/C19H19BrN2O7S/c1-28-13-6-11(12(20)8-14(13)29-10-17(24)25)7-15-18(26)22(19(27)30-15)9-16(23)21-4-2-3-5-21/h6-8H,2-5,9-10H2,1H3,(H,24,25)/b15-7+. The molecule has 2 fully saturated rings. The van der Waals surface area contributed by atoms with Crippen LogP contribution in [0.25, 0.3) is 6.08 Å². The van der Waals surface area contributed by atoms with E-state index in [4.69, 9.17) is 14.6 Å². The van der Waals surface area contributed by atoms with Crippen LogP contribution in [0.1, 0.15) is 18.4 Å². The van der Waals surface area contributed by atoms with Crippen molar-refractivity contribution in [1.29, 1.82) is 0 Å². The number of nitrogens with zero attached hydrogens (tertiary/aromatic N) is 2. The largest absolute Gasteiger partial charge is 0.493 e. The van der Waals surface area contributed by atoms with E-state index in [1.165, 1.54) is 19.3 Å². The van der Waals surface area contributed by atoms with Gasteiger partial charge in [0.15, 0.2) is 18.1 Å². The number of imide groups is 1. The van der Waals surface area contributed by atoms with Gasteiger partial charge >= 0.3 is 5.97 Å². The van der Waals surface area contributed by atoms with Gasteiger partial charge in [-0.3, -0.25) is 19.3 Å². The molecule has 1 aromatic rings. The lowest BCUT2D eigenvalue weighted by atomic mass is 10.2. The highest BCUT2D eigenvalue weighted by Crippen LogP contribution is 2.38. The number of carboxylic acids is 1. The highest BCUT2D eigenvalue weighted by Gasteiger charge is 2.37. The first kappa shape index (κ1) is 22.2. The molecule has 0 spiro atoms. The summed E-state index contributed by atoms with van der Waals surface area (Å²) in [6.07, 6.45) is 3.37. The Morgan fingerprint density at radius 1 is 1.23 bits per heavy atom. The van der Waals surface area contributed by atoms with Gasteiger partial charge in [-0.25, -0.2) is 4.79 Å². The van der Waals surface area contributed by atoms with Crippen LogP contribution in [0.15, 0.2) is 21.5 Å². The minimum absolute atomic E-state index is 0.177. The molecule has 3 rings (SSSR count). The summed E-state index contributed by atoms with van der Waals surface area (Å²) in [6, 6.07) is 3.08. The molecular weight excluding hydrogens is 480 g/mol. The molecule has 0 bridgehead atoms. The van der Waals surface area contributed by atoms with Crippen molar-refractivity contribution in [2.75, 3.05) is 33.4 Å². The summed E-state index contributed by atoms with van der Waals surface area (Å²) in [4.78, 5) is 50.8. The molecule has 2 heterocycles. The van der Waals surface area contributed by atoms with Crippen molar-refractivity contribution < 1.29 is 33.8 Å². The van der Waals surface area contributed by atoms with Crippen LogP contribution >= 0.6 is 27.7 Å². The summed E-state index contributed by atoms with van der Waals surface area (Å²) in [5, 5.41) is 8.27. The Kier molecular flexibility index (Phi) is 7.03. The second-order valence-corrected chi connectivity index (χ2v) is 8.41. The lowest BCUT2D eigenvalue weighted by Gasteiger charge is -2.18. The zero-order chi connectivity index (χ0) is 21.8. The smallest absolute Gasteiger partial charge is 0.341 e. The maximum atomic E-state index is 12.7. The number of benzene rings is 1. The summed E-state index contributed by atoms with van der Waals surface area (Å²) in [5.74, 6) is -1.41. The Morgan fingerprint density at radius 2 is 1.93 bits per heavy atom. The molecule has 0 unspecified atom stereocenters. The van der Waals surface area contributed by atoms with Gasteiger partial charge in [-0.1, -0.05) is 15.9 Å². The van der Waals surface area contributed by atoms with Crippen LogP contribution in [0.4, 0.5) is 4.79 Å². The second-order valence-electron chi connectivity index (χ2n) is 6.56. The Balaban J connectivity index is 1.79. The topological polar surface area (TPSA) is 113 Å². The van der Waals surface area contributed by atoms with E-state index >= 15 is 0 Å². The third-order valence-corrected chi connectivity index (χ3v) is 6.14. The fourth-order valence-corrected chi connectivity index (χ4v) is 4.32. The number of carbonyl (C=O) groups excluding carboxylic acids is 3. The number of rotatable bonds is 7. The van der Waals surface area contributed by atoms with Gasteiger partial charge in [-0.05, 0) is 48.4 Å². The average molecular weight is 499 g/mol. The molecule has 0 radical (unpaired) electrons. The van der Waals surface area contributed by atoms with E-state index in [2.05, 4.69) is 15.9 Å². The number of thioether (sulfide) groups is 1. The molecule has 2 aliphatic rings. The van der Waals surface area contributed by atoms with Crippen molar-refractivity contribution in [3.05, 3.63) is 27.1 Å². The molecule has 160 valence electrons. The van der Waals surface area contributed by atoms with E-state index in [-0.39, 0.29) is 28.9 Å². The molecular formula is C19H19BrN2O7S. The average Bonchev–Trinajstić information content (AvgIpc) is 3.33. The summed E-state index contributed by atoms with van der Waals surface area (Å²) < 4.78 is 10.9. The first-order chi connectivity index (χ1) is 14.3. The van der Waals surface area contributed by atoms with Gasteiger partial charge in [-0.15, -0.1) is 0 Å². The number of amides is 3. The van der Waals surface area contributed by atoms with Gasteiger partial charge in [-0.2, -0.15) is 0 Å². The van der Waals surface area contributed by atoms with Gasteiger partial charge in [0.2, 0.25) is 5.91 Å². The van der Waals surface area contributed by atoms with E-state index in [9.17, 15) is 19.2 Å². The number of halogens is 1. The minimum atomic E-state index is -1.13. The van der Waals surface area contributed by atoms with Crippen LogP contribution in [0.2, 0.25) is 0 Å². The Morgan fingerprint density at radius 3 is 2.57 bits per heavy atom. The van der Waals surface area contributed by atoms with Crippen molar-refractivity contribution in [1.82, 2.24) is 9.80 Å². The monoisotopic (exact) mass is 498 g/mol. The predicted octanol–water partition coefficient (Wildman–Crippen LogP) is 2.58. The minimum Gasteiger partial charge on any atom is -0.493 e. The maximum Gasteiger partial charge on any atom is 0.341 e. The van der Waals surface area contributed by atoms with Crippen molar-refractivity contribution in [2.45, 2.75) is 12.8 Å². The van der Waals surface area contributed by atoms with Crippen molar-refractivity contribution in [3.8, 4) is 11.5 Å². The van der Waals surface area contributed by atoms with Gasteiger partial charge < -0.3 is 19.5 Å². The number of carbonyl (C=O) groups is 4. The molecule has 0 aliphatic carbocycles. The second kappa shape index (κ2) is 9.52. The molecule has 1 aromatic carbocycles. The number of likely N-dealkylation sites (tertiary alicyclic amines) is 1. The molecule has 9 nitrogen and oxygen atoms in total. The molecule has 30 heavy (non-hydrogen) atoms. The number of aliphatic carboxylic acids is 1. The van der Waals surface area contributed by atoms with Crippen LogP contribution in [-0.4, -0.2) is 71.3 Å². The molecule has 1 N–H and O–H groups in total. The van der Waals surface area contributed by atoms with E-state index in [0.717, 1.165) is 29.5 Å². The first-order valence-electron chi connectivity index (χ1n) is 9.05. The summed E-state index contributed by atoms with van der Waals surface area (Å²) in [6.45, 7) is 0.489. The van der Waals surface area contributed by atoms with Crippen LogP contribution in [0.3, 0.4) is 0 Å². The van der Waals surface area contributed by atoms with Crippen LogP contribution in [0.5, 0.6) is 11.5 Å². The number of hydrogen-bond donors (Lipinski definition) is 1. The number of ether oxygens (including phenoxy) is 2. The Bertz CT molecular complexity index is 928. The first-order valence-corrected chi connectivity index (χ1v) is 10.7. The van der Waals surface area contributed by atoms with E-state index in [1.54, 1.807) is 11.0 Å². The van der Waals surface area contributed by atoms with E-state index in [1.807, 2.05) is 0 Å². The normalized spacial score (nSPS) is 17.7. The number of carboxylic acid groups (broad SMARTS) is 1. The molecule has 2 saturated heterocycles. The SMILES string of the molecule is COc1cc(/C=C2/SC(=O)N(CC(=O)N3CCCC3)C2=O)c(Br)cc1OCC(=O)O. The summed E-state index contributed by atoms with van der Waals surface area (Å²) in [7, 11) is 1.40. The van der Waals surface area contributed by atoms with Crippen LogP contribution < -0.4 is 9.47 Å². The quantitative estimate of drug-likeness (QED) is 0.570. The zero-order valence-electron chi connectivity index (χ0n) is 16.1. The van der Waals surface area contributed by atoms with Crippen LogP contribution in [-0.2, 0) is 14.4 Å². The fraction of sp³-hybridized carbons (Fsp3) is 0.368. The predicted molar refractivity (Wildman–Crippen MR) is 112 cm³/mol. The molecule has 0 aromatic heterocycles. The molecule has 2 aliphatic heterocycles. The van der Waals surface area contributed by atoms with Gasteiger partial charge in [0.25, 0.3) is 11.1 Å². The lowest BCUT2D eigenvalue weighted by Crippen LogP contribution is -2.40. The van der Waals surface area contributed by atoms with Crippen molar-refractivity contribution in [3.63, 3.8) is 0 Å². The van der Waals surface area contributed by atoms with Gasteiger partial charge in [0.05, 0.1) is 12.0 Å².